The van der Waals surface area contributed by atoms with Crippen LogP contribution in [0.5, 0.6) is 0 Å². The van der Waals surface area contributed by atoms with Gasteiger partial charge in [0.15, 0.2) is 0 Å². The minimum atomic E-state index is -0.428. The molecular formula is C10H13N3O2. The fourth-order valence-corrected chi connectivity index (χ4v) is 1.65. The van der Waals surface area contributed by atoms with Gasteiger partial charge in [-0.25, -0.2) is 9.80 Å². The van der Waals surface area contributed by atoms with Crippen molar-refractivity contribution in [2.24, 2.45) is 11.0 Å². The number of rotatable bonds is 2. The zero-order valence-corrected chi connectivity index (χ0v) is 8.35. The molecule has 0 aromatic heterocycles. The van der Waals surface area contributed by atoms with E-state index in [4.69, 9.17) is 0 Å². The summed E-state index contributed by atoms with van der Waals surface area (Å²) in [6.45, 7) is 0.0396. The maximum atomic E-state index is 11.1. The summed E-state index contributed by atoms with van der Waals surface area (Å²) in [7, 11) is 0. The molecule has 0 aromatic rings. The van der Waals surface area contributed by atoms with Gasteiger partial charge in [-0.2, -0.15) is 5.10 Å². The van der Waals surface area contributed by atoms with Crippen molar-refractivity contribution in [3.63, 3.8) is 0 Å². The molecule has 80 valence electrons. The molecule has 5 nitrogen and oxygen atoms in total. The Morgan fingerprint density at radius 1 is 1.47 bits per heavy atom. The molecule has 1 aliphatic carbocycles. The van der Waals surface area contributed by atoms with Gasteiger partial charge >= 0.3 is 6.03 Å². The molecule has 1 saturated heterocycles. The average Bonchev–Trinajstić information content (AvgIpc) is 2.56. The number of imide groups is 1. The molecule has 0 unspecified atom stereocenters. The second-order valence-electron chi connectivity index (χ2n) is 3.72. The fraction of sp³-hybridized carbons (Fsp3) is 0.500. The number of urea groups is 1. The molecule has 0 saturated carbocycles. The van der Waals surface area contributed by atoms with Gasteiger partial charge in [0.25, 0.3) is 0 Å². The summed E-state index contributed by atoms with van der Waals surface area (Å²) >= 11 is 0. The van der Waals surface area contributed by atoms with E-state index in [-0.39, 0.29) is 12.5 Å². The SMILES string of the molecule is O=C1CN(/N=C\[C@H]2CC=CCC2)C(=O)N1. The third-order valence-corrected chi connectivity index (χ3v) is 2.50. The first-order chi connectivity index (χ1) is 7.25. The van der Waals surface area contributed by atoms with Crippen molar-refractivity contribution >= 4 is 18.2 Å². The lowest BCUT2D eigenvalue weighted by molar-refractivity contribution is -0.118. The van der Waals surface area contributed by atoms with Crippen LogP contribution in [-0.4, -0.2) is 29.7 Å². The van der Waals surface area contributed by atoms with Crippen LogP contribution in [0.15, 0.2) is 17.3 Å². The number of hydrogen-bond donors (Lipinski definition) is 1. The molecule has 5 heteroatoms. The zero-order chi connectivity index (χ0) is 10.7. The van der Waals surface area contributed by atoms with Crippen molar-refractivity contribution in [3.05, 3.63) is 12.2 Å². The molecule has 2 rings (SSSR count). The van der Waals surface area contributed by atoms with E-state index in [2.05, 4.69) is 22.6 Å². The Labute approximate surface area is 87.8 Å². The number of nitrogens with one attached hydrogen (secondary N) is 1. The summed E-state index contributed by atoms with van der Waals surface area (Å²) < 4.78 is 0. The monoisotopic (exact) mass is 207 g/mol. The van der Waals surface area contributed by atoms with Gasteiger partial charge in [-0.3, -0.25) is 10.1 Å². The highest BCUT2D eigenvalue weighted by Gasteiger charge is 2.26. The van der Waals surface area contributed by atoms with Crippen molar-refractivity contribution in [2.45, 2.75) is 19.3 Å². The van der Waals surface area contributed by atoms with Crippen molar-refractivity contribution in [1.82, 2.24) is 10.3 Å². The minimum Gasteiger partial charge on any atom is -0.275 e. The van der Waals surface area contributed by atoms with E-state index in [9.17, 15) is 9.59 Å². The van der Waals surface area contributed by atoms with Gasteiger partial charge in [-0.1, -0.05) is 12.2 Å². The van der Waals surface area contributed by atoms with Gasteiger partial charge in [0.2, 0.25) is 5.91 Å². The second kappa shape index (κ2) is 4.25. The maximum Gasteiger partial charge on any atom is 0.344 e. The number of nitrogens with zero attached hydrogens (tertiary/aromatic N) is 2. The number of hydrazone groups is 1. The Hall–Kier alpha value is -1.65. The van der Waals surface area contributed by atoms with Gasteiger partial charge in [0, 0.05) is 6.21 Å². The molecule has 15 heavy (non-hydrogen) atoms. The van der Waals surface area contributed by atoms with Crippen molar-refractivity contribution in [2.75, 3.05) is 6.54 Å². The van der Waals surface area contributed by atoms with E-state index in [0.29, 0.717) is 5.92 Å². The lowest BCUT2D eigenvalue weighted by Gasteiger charge is -2.13. The van der Waals surface area contributed by atoms with E-state index < -0.39 is 6.03 Å². The second-order valence-corrected chi connectivity index (χ2v) is 3.72. The van der Waals surface area contributed by atoms with E-state index in [0.717, 1.165) is 19.3 Å². The van der Waals surface area contributed by atoms with Crippen LogP contribution in [0, 0.1) is 5.92 Å². The number of carbonyl (C=O) groups is 2. The van der Waals surface area contributed by atoms with Gasteiger partial charge in [-0.15, -0.1) is 0 Å². The number of amides is 3. The standard InChI is InChI=1S/C10H13N3O2/c14-9-7-13(10(15)12-9)11-6-8-4-2-1-3-5-8/h1-2,6,8H,3-5,7H2,(H,12,14,15)/b11-6-/t8-/m0/s1. The largest absolute Gasteiger partial charge is 0.344 e. The first kappa shape index (κ1) is 9.89. The van der Waals surface area contributed by atoms with Crippen LogP contribution in [-0.2, 0) is 4.79 Å². The Kier molecular flexibility index (Phi) is 2.80. The van der Waals surface area contributed by atoms with Crippen molar-refractivity contribution in [3.8, 4) is 0 Å². The lowest BCUT2D eigenvalue weighted by Crippen LogP contribution is -2.24. The topological polar surface area (TPSA) is 61.8 Å². The highest BCUT2D eigenvalue weighted by molar-refractivity contribution is 6.01. The molecule has 0 bridgehead atoms. The summed E-state index contributed by atoms with van der Waals surface area (Å²) in [5.74, 6) is 0.0965. The minimum absolute atomic E-state index is 0.0396. The van der Waals surface area contributed by atoms with Crippen LogP contribution in [0.25, 0.3) is 0 Å². The quantitative estimate of drug-likeness (QED) is 0.415. The third-order valence-electron chi connectivity index (χ3n) is 2.50. The van der Waals surface area contributed by atoms with Crippen LogP contribution < -0.4 is 5.32 Å². The van der Waals surface area contributed by atoms with E-state index in [1.54, 1.807) is 6.21 Å². The molecule has 2 aliphatic rings. The van der Waals surface area contributed by atoms with E-state index in [1.165, 1.54) is 5.01 Å². The Balaban J connectivity index is 1.90. The number of carbonyl (C=O) groups excluding carboxylic acids is 2. The van der Waals surface area contributed by atoms with Crippen LogP contribution in [0.2, 0.25) is 0 Å². The summed E-state index contributed by atoms with van der Waals surface area (Å²) in [5.41, 5.74) is 0. The van der Waals surface area contributed by atoms with Crippen molar-refractivity contribution in [1.29, 1.82) is 0 Å². The molecule has 0 radical (unpaired) electrons. The van der Waals surface area contributed by atoms with Gasteiger partial charge in [0.05, 0.1) is 0 Å². The van der Waals surface area contributed by atoms with Crippen LogP contribution in [0.4, 0.5) is 4.79 Å². The zero-order valence-electron chi connectivity index (χ0n) is 8.35. The van der Waals surface area contributed by atoms with E-state index >= 15 is 0 Å². The highest BCUT2D eigenvalue weighted by atomic mass is 16.2. The summed E-state index contributed by atoms with van der Waals surface area (Å²) in [6.07, 6.45) is 9.12. The first-order valence-electron chi connectivity index (χ1n) is 5.06. The smallest absolute Gasteiger partial charge is 0.275 e. The maximum absolute atomic E-state index is 11.1. The molecule has 1 fully saturated rings. The number of hydrogen-bond acceptors (Lipinski definition) is 3. The Morgan fingerprint density at radius 3 is 2.93 bits per heavy atom. The lowest BCUT2D eigenvalue weighted by atomic mass is 9.96. The predicted molar refractivity (Wildman–Crippen MR) is 55.2 cm³/mol. The van der Waals surface area contributed by atoms with Gasteiger partial charge in [-0.05, 0) is 25.2 Å². The Morgan fingerprint density at radius 2 is 2.33 bits per heavy atom. The molecule has 3 amide bonds. The van der Waals surface area contributed by atoms with Gasteiger partial charge in [0.1, 0.15) is 6.54 Å². The van der Waals surface area contributed by atoms with Crippen LogP contribution in [0.3, 0.4) is 0 Å². The Bertz CT molecular complexity index is 336. The molecule has 1 atom stereocenters. The van der Waals surface area contributed by atoms with Crippen LogP contribution in [0.1, 0.15) is 19.3 Å². The molecule has 1 N–H and O–H groups in total. The molecule has 1 aliphatic heterocycles. The fourth-order valence-electron chi connectivity index (χ4n) is 1.65. The number of allylic oxidation sites excluding steroid dienone is 2. The normalized spacial score (nSPS) is 26.4. The highest BCUT2D eigenvalue weighted by Crippen LogP contribution is 2.16. The summed E-state index contributed by atoms with van der Waals surface area (Å²) in [5, 5.41) is 7.36. The van der Waals surface area contributed by atoms with E-state index in [1.807, 2.05) is 0 Å². The molecular weight excluding hydrogens is 194 g/mol. The summed E-state index contributed by atoms with van der Waals surface area (Å²) in [4.78, 5) is 22.0. The third kappa shape index (κ3) is 2.43. The first-order valence-corrected chi connectivity index (χ1v) is 5.06. The van der Waals surface area contributed by atoms with Crippen LogP contribution >= 0.6 is 0 Å². The summed E-state index contributed by atoms with van der Waals surface area (Å²) in [6, 6.07) is -0.428. The predicted octanol–water partition coefficient (Wildman–Crippen LogP) is 0.880. The average molecular weight is 207 g/mol. The molecule has 1 heterocycles. The van der Waals surface area contributed by atoms with Gasteiger partial charge < -0.3 is 0 Å². The molecule has 0 aromatic carbocycles. The molecule has 0 spiro atoms. The van der Waals surface area contributed by atoms with Crippen molar-refractivity contribution < 1.29 is 9.59 Å².